The normalized spacial score (nSPS) is 13.6. The Morgan fingerprint density at radius 2 is 1.52 bits per heavy atom. The van der Waals surface area contributed by atoms with Gasteiger partial charge in [0.2, 0.25) is 0 Å². The molecule has 2 aromatic rings. The lowest BCUT2D eigenvalue weighted by atomic mass is 9.98. The van der Waals surface area contributed by atoms with E-state index < -0.39 is 41.1 Å². The van der Waals surface area contributed by atoms with E-state index in [0.717, 1.165) is 22.1 Å². The van der Waals surface area contributed by atoms with Crippen LogP contribution in [0.4, 0.5) is 0 Å². The molecule has 0 spiro atoms. The number of fused-ring (bicyclic) bond motifs is 1. The van der Waals surface area contributed by atoms with Crippen LogP contribution in [0.25, 0.3) is 10.8 Å². The largest absolute Gasteiger partial charge is 0.497 e. The number of carbonyl (C=O) groups excluding carboxylic acids is 3. The fraction of sp³-hybridized carbons (Fsp3) is 0.552. The third kappa shape index (κ3) is 10.7. The molecule has 0 heterocycles. The summed E-state index contributed by atoms with van der Waals surface area (Å²) in [6.07, 6.45) is 0.265. The van der Waals surface area contributed by atoms with Gasteiger partial charge in [0.25, 0.3) is 0 Å². The van der Waals surface area contributed by atoms with E-state index in [9.17, 15) is 14.4 Å². The van der Waals surface area contributed by atoms with Crippen molar-refractivity contribution in [3.05, 3.63) is 42.0 Å². The summed E-state index contributed by atoms with van der Waals surface area (Å²) in [6, 6.07) is 11.3. The van der Waals surface area contributed by atoms with Gasteiger partial charge in [0, 0.05) is 0 Å². The van der Waals surface area contributed by atoms with Crippen LogP contribution in [-0.4, -0.2) is 64.7 Å². The molecule has 2 rings (SSSR count). The van der Waals surface area contributed by atoms with Crippen LogP contribution in [0.2, 0.25) is 0 Å². The van der Waals surface area contributed by atoms with E-state index in [1.807, 2.05) is 36.4 Å². The van der Waals surface area contributed by atoms with Crippen molar-refractivity contribution in [1.29, 1.82) is 0 Å². The number of rotatable bonds is 15. The zero-order valence-electron chi connectivity index (χ0n) is 24.3. The molecule has 0 fully saturated rings. The monoisotopic (exact) mass is 563 g/mol. The van der Waals surface area contributed by atoms with Crippen LogP contribution < -0.4 is 4.74 Å². The highest BCUT2D eigenvalue weighted by molar-refractivity contribution is 5.87. The molecule has 2 aromatic carbocycles. The van der Waals surface area contributed by atoms with E-state index in [-0.39, 0.29) is 18.4 Å². The zero-order chi connectivity index (χ0) is 30.1. The van der Waals surface area contributed by atoms with Crippen LogP contribution in [0.3, 0.4) is 0 Å². The first kappa shape index (κ1) is 33.0. The quantitative estimate of drug-likeness (QED) is 0.129. The molecule has 222 valence electrons. The van der Waals surface area contributed by atoms with E-state index in [0.29, 0.717) is 19.3 Å². The van der Waals surface area contributed by atoms with E-state index in [1.165, 1.54) is 6.92 Å². The molecule has 0 aromatic heterocycles. The van der Waals surface area contributed by atoms with Gasteiger partial charge in [-0.25, -0.2) is 4.79 Å². The number of carbonyl (C=O) groups is 3. The molecule has 0 aliphatic carbocycles. The van der Waals surface area contributed by atoms with Gasteiger partial charge >= 0.3 is 17.9 Å². The second-order valence-electron chi connectivity index (χ2n) is 10.9. The van der Waals surface area contributed by atoms with Gasteiger partial charge in [-0.2, -0.15) is 0 Å². The van der Waals surface area contributed by atoms with E-state index >= 15 is 0 Å². The summed E-state index contributed by atoms with van der Waals surface area (Å²) in [5, 5.41) is 18.6. The Kier molecular flexibility index (Phi) is 11.9. The first-order chi connectivity index (χ1) is 18.6. The van der Waals surface area contributed by atoms with Gasteiger partial charge in [-0.3, -0.25) is 24.8 Å². The van der Waals surface area contributed by atoms with Crippen molar-refractivity contribution in [2.75, 3.05) is 13.7 Å². The van der Waals surface area contributed by atoms with Gasteiger partial charge in [-0.05, 0) is 89.3 Å². The lowest BCUT2D eigenvalue weighted by molar-refractivity contribution is -0.492. The molecule has 0 amide bonds. The maximum Gasteiger partial charge on any atom is 0.347 e. The third-order valence-electron chi connectivity index (χ3n) is 6.27. The van der Waals surface area contributed by atoms with Crippen LogP contribution in [0.1, 0.15) is 78.7 Å². The fourth-order valence-corrected chi connectivity index (χ4v) is 4.03. The van der Waals surface area contributed by atoms with Crippen molar-refractivity contribution in [2.45, 2.75) is 90.4 Å². The van der Waals surface area contributed by atoms with Crippen LogP contribution in [-0.2, 0) is 33.4 Å². The zero-order valence-corrected chi connectivity index (χ0v) is 24.3. The Bertz CT molecular complexity index is 1160. The maximum atomic E-state index is 12.8. The molecular formula is C29H41NO10. The first-order valence-corrected chi connectivity index (χ1v) is 13.2. The SMILES string of the molecule is COc1ccc2cc(C(C)C(=O)OC(C)C(=O)OC(C)(C)CC(=O)OC(C)(C)CCCCON(O)O)ccc2c1. The molecule has 2 N–H and O–H groups in total. The van der Waals surface area contributed by atoms with E-state index in [2.05, 4.69) is 4.84 Å². The number of unbranched alkanes of at least 4 members (excludes halogenated alkanes) is 1. The van der Waals surface area contributed by atoms with Crippen molar-refractivity contribution in [3.8, 4) is 5.75 Å². The summed E-state index contributed by atoms with van der Waals surface area (Å²) >= 11 is 0. The van der Waals surface area contributed by atoms with Crippen LogP contribution in [0.5, 0.6) is 5.75 Å². The van der Waals surface area contributed by atoms with Gasteiger partial charge in [0.15, 0.2) is 6.10 Å². The molecule has 2 unspecified atom stereocenters. The predicted molar refractivity (Wildman–Crippen MR) is 145 cm³/mol. The van der Waals surface area contributed by atoms with Crippen molar-refractivity contribution >= 4 is 28.7 Å². The number of benzene rings is 2. The highest BCUT2D eigenvalue weighted by atomic mass is 17.1. The van der Waals surface area contributed by atoms with Gasteiger partial charge in [0.05, 0.1) is 31.4 Å². The average molecular weight is 564 g/mol. The Labute approximate surface area is 234 Å². The lowest BCUT2D eigenvalue weighted by Crippen LogP contribution is -2.39. The molecule has 0 saturated heterocycles. The summed E-state index contributed by atoms with van der Waals surface area (Å²) in [7, 11) is 1.60. The number of hydrogen-bond donors (Lipinski definition) is 2. The van der Waals surface area contributed by atoms with Gasteiger partial charge in [0.1, 0.15) is 17.0 Å². The number of nitrogens with zero attached hydrogens (tertiary/aromatic N) is 1. The highest BCUT2D eigenvalue weighted by Gasteiger charge is 2.33. The van der Waals surface area contributed by atoms with E-state index in [4.69, 9.17) is 29.4 Å². The predicted octanol–water partition coefficient (Wildman–Crippen LogP) is 5.10. The average Bonchev–Trinajstić information content (AvgIpc) is 2.85. The lowest BCUT2D eigenvalue weighted by Gasteiger charge is -2.29. The van der Waals surface area contributed by atoms with Gasteiger partial charge < -0.3 is 18.9 Å². The standard InChI is InChI=1S/C29H41NO10/c1-19(21-10-11-23-17-24(36-7)13-12-22(23)16-21)26(32)38-20(2)27(33)40-29(5,6)18-25(31)39-28(3,4)14-8-9-15-37-30(34)35/h10-13,16-17,19-20,34-35H,8-9,14-15,18H2,1-7H3. The number of methoxy groups -OCH3 is 1. The first-order valence-electron chi connectivity index (χ1n) is 13.2. The summed E-state index contributed by atoms with van der Waals surface area (Å²) in [4.78, 5) is 42.5. The molecule has 40 heavy (non-hydrogen) atoms. The molecule has 11 nitrogen and oxygen atoms in total. The number of hydrogen-bond acceptors (Lipinski definition) is 11. The van der Waals surface area contributed by atoms with Crippen LogP contribution in [0.15, 0.2) is 36.4 Å². The summed E-state index contributed by atoms with van der Waals surface area (Å²) in [5.74, 6) is -1.79. The van der Waals surface area contributed by atoms with Crippen LogP contribution in [0, 0.1) is 0 Å². The third-order valence-corrected chi connectivity index (χ3v) is 6.27. The second-order valence-corrected chi connectivity index (χ2v) is 10.9. The summed E-state index contributed by atoms with van der Waals surface area (Å²) in [6.45, 7) is 9.88. The minimum atomic E-state index is -1.20. The minimum absolute atomic E-state index is 0.0967. The molecular weight excluding hydrogens is 522 g/mol. The maximum absolute atomic E-state index is 12.8. The molecule has 0 radical (unpaired) electrons. The minimum Gasteiger partial charge on any atom is -0.497 e. The van der Waals surface area contributed by atoms with Crippen LogP contribution >= 0.6 is 0 Å². The van der Waals surface area contributed by atoms with Crippen molar-refractivity contribution in [2.24, 2.45) is 0 Å². The Hall–Kier alpha value is -3.25. The van der Waals surface area contributed by atoms with Gasteiger partial charge in [-0.1, -0.05) is 24.3 Å². The number of esters is 3. The summed E-state index contributed by atoms with van der Waals surface area (Å²) in [5.41, 5.74) is -1.25. The smallest absolute Gasteiger partial charge is 0.347 e. The Morgan fingerprint density at radius 1 is 0.875 bits per heavy atom. The van der Waals surface area contributed by atoms with Crippen molar-refractivity contribution in [3.63, 3.8) is 0 Å². The summed E-state index contributed by atoms with van der Waals surface area (Å²) < 4.78 is 21.7. The number of ether oxygens (including phenoxy) is 4. The van der Waals surface area contributed by atoms with Crippen molar-refractivity contribution < 1.29 is 48.6 Å². The molecule has 0 bridgehead atoms. The Balaban J connectivity index is 1.86. The van der Waals surface area contributed by atoms with Crippen molar-refractivity contribution in [1.82, 2.24) is 5.39 Å². The molecule has 11 heteroatoms. The van der Waals surface area contributed by atoms with Gasteiger partial charge in [-0.15, -0.1) is 0 Å². The second kappa shape index (κ2) is 14.4. The fourth-order valence-electron chi connectivity index (χ4n) is 4.03. The molecule has 0 aliphatic heterocycles. The molecule has 0 aliphatic rings. The highest BCUT2D eigenvalue weighted by Crippen LogP contribution is 2.27. The molecule has 2 atom stereocenters. The topological polar surface area (TPSA) is 141 Å². The molecule has 0 saturated carbocycles. The Morgan fingerprint density at radius 3 is 2.17 bits per heavy atom. The van der Waals surface area contributed by atoms with E-state index in [1.54, 1.807) is 41.7 Å².